The van der Waals surface area contributed by atoms with Crippen molar-refractivity contribution in [3.8, 4) is 23.0 Å². The van der Waals surface area contributed by atoms with Crippen LogP contribution in [-0.2, 0) is 13.2 Å². The summed E-state index contributed by atoms with van der Waals surface area (Å²) >= 11 is 12.3. The summed E-state index contributed by atoms with van der Waals surface area (Å²) in [5.41, 5.74) is 2.26. The molecule has 0 fully saturated rings. The van der Waals surface area contributed by atoms with E-state index < -0.39 is 5.97 Å². The second kappa shape index (κ2) is 8.73. The molecule has 0 bridgehead atoms. The number of aromatic amines is 1. The van der Waals surface area contributed by atoms with Crippen LogP contribution in [0.4, 0.5) is 0 Å². The summed E-state index contributed by atoms with van der Waals surface area (Å²) in [6.45, 7) is 0.306. The topological polar surface area (TPSA) is 103 Å². The van der Waals surface area contributed by atoms with E-state index in [0.29, 0.717) is 38.7 Å². The summed E-state index contributed by atoms with van der Waals surface area (Å²) < 4.78 is 22.5. The zero-order valence-electron chi connectivity index (χ0n) is 16.9. The highest BCUT2D eigenvalue weighted by Gasteiger charge is 2.18. The van der Waals surface area contributed by atoms with Gasteiger partial charge >= 0.3 is 5.97 Å². The van der Waals surface area contributed by atoms with E-state index in [1.165, 1.54) is 12.1 Å². The van der Waals surface area contributed by atoms with Crippen molar-refractivity contribution in [2.24, 2.45) is 0 Å². The normalized spacial score (nSPS) is 12.2. The van der Waals surface area contributed by atoms with Crippen molar-refractivity contribution in [3.05, 3.63) is 75.5 Å². The van der Waals surface area contributed by atoms with Gasteiger partial charge in [0.25, 0.3) is 0 Å². The molecule has 2 N–H and O–H groups in total. The highest BCUT2D eigenvalue weighted by molar-refractivity contribution is 6.31. The molecule has 8 nitrogen and oxygen atoms in total. The number of H-pyrrole nitrogens is 1. The van der Waals surface area contributed by atoms with Gasteiger partial charge in [0.1, 0.15) is 19.0 Å². The number of rotatable bonds is 7. The monoisotopic (exact) mass is 486 g/mol. The van der Waals surface area contributed by atoms with Gasteiger partial charge in [0.05, 0.1) is 21.6 Å². The van der Waals surface area contributed by atoms with Crippen LogP contribution in [0.2, 0.25) is 10.0 Å². The lowest BCUT2D eigenvalue weighted by atomic mass is 10.2. The van der Waals surface area contributed by atoms with E-state index in [1.54, 1.807) is 30.3 Å². The van der Waals surface area contributed by atoms with Gasteiger partial charge in [-0.1, -0.05) is 23.2 Å². The van der Waals surface area contributed by atoms with Crippen molar-refractivity contribution in [1.82, 2.24) is 9.97 Å². The number of hydrogen-bond acceptors (Lipinski definition) is 6. The van der Waals surface area contributed by atoms with Gasteiger partial charge in [-0.15, -0.1) is 0 Å². The molecule has 33 heavy (non-hydrogen) atoms. The van der Waals surface area contributed by atoms with Gasteiger partial charge in [-0.05, 0) is 42.5 Å². The number of fused-ring (bicyclic) bond motifs is 2. The first-order valence-corrected chi connectivity index (χ1v) is 10.6. The summed E-state index contributed by atoms with van der Waals surface area (Å²) in [5.74, 6) is 1.24. The van der Waals surface area contributed by atoms with Crippen molar-refractivity contribution < 1.29 is 28.8 Å². The molecule has 0 spiro atoms. The Labute approximate surface area is 197 Å². The van der Waals surface area contributed by atoms with E-state index in [-0.39, 0.29) is 31.3 Å². The molecule has 10 heteroatoms. The number of carbonyl (C=O) groups is 1. The predicted molar refractivity (Wildman–Crippen MR) is 121 cm³/mol. The Morgan fingerprint density at radius 2 is 1.79 bits per heavy atom. The van der Waals surface area contributed by atoms with E-state index in [9.17, 15) is 9.90 Å². The van der Waals surface area contributed by atoms with Crippen LogP contribution in [0.25, 0.3) is 11.0 Å². The molecule has 0 atom stereocenters. The zero-order valence-corrected chi connectivity index (χ0v) is 18.4. The van der Waals surface area contributed by atoms with Crippen LogP contribution in [0, 0.1) is 0 Å². The lowest BCUT2D eigenvalue weighted by molar-refractivity contribution is 0.0696. The number of ether oxygens (including phenoxy) is 4. The second-order valence-electron chi connectivity index (χ2n) is 7.19. The molecule has 1 aromatic heterocycles. The minimum atomic E-state index is -1.08. The highest BCUT2D eigenvalue weighted by atomic mass is 35.5. The predicted octanol–water partition coefficient (Wildman–Crippen LogP) is 5.45. The Balaban J connectivity index is 1.36. The van der Waals surface area contributed by atoms with Gasteiger partial charge in [-0.25, -0.2) is 9.78 Å². The van der Waals surface area contributed by atoms with Crippen molar-refractivity contribution in [2.75, 3.05) is 6.79 Å². The van der Waals surface area contributed by atoms with Gasteiger partial charge in [0.2, 0.25) is 6.79 Å². The van der Waals surface area contributed by atoms with Crippen LogP contribution < -0.4 is 18.9 Å². The maximum atomic E-state index is 11.5. The quantitative estimate of drug-likeness (QED) is 0.357. The molecular weight excluding hydrogens is 471 g/mol. The summed E-state index contributed by atoms with van der Waals surface area (Å²) in [4.78, 5) is 19.1. The molecule has 0 amide bonds. The molecule has 0 saturated carbocycles. The number of halogens is 2. The van der Waals surface area contributed by atoms with Crippen molar-refractivity contribution >= 4 is 40.2 Å². The van der Waals surface area contributed by atoms with Gasteiger partial charge in [0, 0.05) is 16.7 Å². The average molecular weight is 487 g/mol. The summed E-state index contributed by atoms with van der Waals surface area (Å²) in [6, 6.07) is 13.1. The fourth-order valence-corrected chi connectivity index (χ4v) is 3.73. The number of carboxylic acids is 1. The first-order chi connectivity index (χ1) is 16.0. The van der Waals surface area contributed by atoms with E-state index >= 15 is 0 Å². The first kappa shape index (κ1) is 21.2. The number of imidazole rings is 1. The van der Waals surface area contributed by atoms with Crippen LogP contribution in [-0.4, -0.2) is 27.8 Å². The Hall–Kier alpha value is -3.62. The summed E-state index contributed by atoms with van der Waals surface area (Å²) in [6.07, 6.45) is 0. The first-order valence-electron chi connectivity index (χ1n) is 9.81. The van der Waals surface area contributed by atoms with Gasteiger partial charge in [0.15, 0.2) is 23.0 Å². The SMILES string of the molecule is O=C(O)c1ccc(OCc2nc3ccc(Cl)cc3[nH]2)c(OCc2cc3c(cc2Cl)OCO3)c1. The van der Waals surface area contributed by atoms with Crippen molar-refractivity contribution in [3.63, 3.8) is 0 Å². The van der Waals surface area contributed by atoms with E-state index in [0.717, 1.165) is 11.0 Å². The van der Waals surface area contributed by atoms with Gasteiger partial charge in [-0.2, -0.15) is 0 Å². The number of nitrogens with one attached hydrogen (secondary N) is 1. The van der Waals surface area contributed by atoms with Gasteiger partial charge in [-0.3, -0.25) is 0 Å². The number of nitrogens with zero attached hydrogens (tertiary/aromatic N) is 1. The van der Waals surface area contributed by atoms with Crippen LogP contribution in [0.1, 0.15) is 21.7 Å². The van der Waals surface area contributed by atoms with E-state index in [2.05, 4.69) is 9.97 Å². The van der Waals surface area contributed by atoms with E-state index in [1.807, 2.05) is 6.07 Å². The standard InChI is InChI=1S/C23H16Cl2N2O6/c24-14-2-3-16-17(7-14)27-22(26-16)10-31-18-4-1-12(23(28)29)5-19(18)30-9-13-6-20-21(8-15(13)25)33-11-32-20/h1-8H,9-11H2,(H,26,27)(H,28,29). The highest BCUT2D eigenvalue weighted by Crippen LogP contribution is 2.38. The van der Waals surface area contributed by atoms with Crippen LogP contribution in [0.3, 0.4) is 0 Å². The number of carboxylic acid groups (broad SMARTS) is 1. The minimum Gasteiger partial charge on any atom is -0.485 e. The maximum Gasteiger partial charge on any atom is 0.335 e. The Bertz CT molecular complexity index is 1370. The zero-order chi connectivity index (χ0) is 22.9. The molecule has 1 aliphatic rings. The lowest BCUT2D eigenvalue weighted by Gasteiger charge is -2.14. The molecule has 0 saturated heterocycles. The summed E-state index contributed by atoms with van der Waals surface area (Å²) in [7, 11) is 0. The molecule has 0 unspecified atom stereocenters. The Morgan fingerprint density at radius 1 is 1.00 bits per heavy atom. The lowest BCUT2D eigenvalue weighted by Crippen LogP contribution is -2.04. The molecule has 4 aromatic rings. The number of benzene rings is 3. The maximum absolute atomic E-state index is 11.5. The Morgan fingerprint density at radius 3 is 2.61 bits per heavy atom. The van der Waals surface area contributed by atoms with Crippen LogP contribution in [0.5, 0.6) is 23.0 Å². The second-order valence-corrected chi connectivity index (χ2v) is 8.03. The smallest absolute Gasteiger partial charge is 0.335 e. The average Bonchev–Trinajstić information content (AvgIpc) is 3.41. The third kappa shape index (κ3) is 4.48. The van der Waals surface area contributed by atoms with Crippen LogP contribution >= 0.6 is 23.2 Å². The molecule has 5 rings (SSSR count). The van der Waals surface area contributed by atoms with E-state index in [4.69, 9.17) is 42.1 Å². The van der Waals surface area contributed by atoms with Crippen LogP contribution in [0.15, 0.2) is 48.5 Å². The molecule has 0 radical (unpaired) electrons. The molecule has 3 aromatic carbocycles. The minimum absolute atomic E-state index is 0.0625. The number of hydrogen-bond donors (Lipinski definition) is 2. The number of aromatic nitrogens is 2. The fourth-order valence-electron chi connectivity index (χ4n) is 3.35. The molecular formula is C23H16Cl2N2O6. The summed E-state index contributed by atoms with van der Waals surface area (Å²) in [5, 5.41) is 10.4. The van der Waals surface area contributed by atoms with Crippen molar-refractivity contribution in [1.29, 1.82) is 0 Å². The van der Waals surface area contributed by atoms with Crippen molar-refractivity contribution in [2.45, 2.75) is 13.2 Å². The third-order valence-corrected chi connectivity index (χ3v) is 5.56. The Kier molecular flexibility index (Phi) is 5.62. The molecule has 1 aliphatic heterocycles. The fraction of sp³-hybridized carbons (Fsp3) is 0.130. The molecule has 168 valence electrons. The number of aromatic carboxylic acids is 1. The molecule has 2 heterocycles. The molecule has 0 aliphatic carbocycles. The third-order valence-electron chi connectivity index (χ3n) is 4.97. The largest absolute Gasteiger partial charge is 0.485 e. The van der Waals surface area contributed by atoms with Gasteiger partial charge < -0.3 is 29.0 Å².